The lowest BCUT2D eigenvalue weighted by molar-refractivity contribution is -0.142. The van der Waals surface area contributed by atoms with Gasteiger partial charge in [0.25, 0.3) is 0 Å². The predicted molar refractivity (Wildman–Crippen MR) is 156 cm³/mol. The summed E-state index contributed by atoms with van der Waals surface area (Å²) in [5, 5.41) is 2.80. The van der Waals surface area contributed by atoms with Crippen molar-refractivity contribution < 1.29 is 24.0 Å². The van der Waals surface area contributed by atoms with Crippen molar-refractivity contribution in [1.29, 1.82) is 0 Å². The minimum absolute atomic E-state index is 0.00836. The Morgan fingerprint density at radius 1 is 0.800 bits per heavy atom. The molecular formula is C34H43NO5. The fourth-order valence-corrected chi connectivity index (χ4v) is 5.52. The largest absolute Gasteiger partial charge is 0.346 e. The summed E-state index contributed by atoms with van der Waals surface area (Å²) >= 11 is 0. The van der Waals surface area contributed by atoms with Crippen LogP contribution in [0.3, 0.4) is 0 Å². The van der Waals surface area contributed by atoms with Crippen LogP contribution in [-0.4, -0.2) is 35.1 Å². The van der Waals surface area contributed by atoms with Crippen molar-refractivity contribution in [2.24, 2.45) is 23.7 Å². The predicted octanol–water partition coefficient (Wildman–Crippen LogP) is 5.96. The van der Waals surface area contributed by atoms with E-state index in [9.17, 15) is 24.0 Å². The molecule has 1 saturated carbocycles. The van der Waals surface area contributed by atoms with Crippen molar-refractivity contribution >= 4 is 29.0 Å². The molecule has 40 heavy (non-hydrogen) atoms. The molecule has 0 aliphatic heterocycles. The average Bonchev–Trinajstić information content (AvgIpc) is 2.96. The number of hydrogen-bond acceptors (Lipinski definition) is 5. The van der Waals surface area contributed by atoms with Crippen LogP contribution in [0.4, 0.5) is 0 Å². The van der Waals surface area contributed by atoms with Crippen molar-refractivity contribution in [1.82, 2.24) is 5.32 Å². The number of amides is 1. The van der Waals surface area contributed by atoms with Crippen LogP contribution in [0.15, 0.2) is 60.7 Å². The number of nitrogens with one attached hydrogen (secondary N) is 1. The number of Topliss-reactive ketones (excluding diaryl/α,β-unsaturated/α-hetero) is 4. The second-order valence-electron chi connectivity index (χ2n) is 11.6. The summed E-state index contributed by atoms with van der Waals surface area (Å²) in [6.07, 6.45) is 5.85. The zero-order valence-corrected chi connectivity index (χ0v) is 24.1. The van der Waals surface area contributed by atoms with Gasteiger partial charge in [0.2, 0.25) is 11.7 Å². The number of carbonyl (C=O) groups excluding carboxylic acids is 5. The van der Waals surface area contributed by atoms with Gasteiger partial charge in [0.15, 0.2) is 17.3 Å². The lowest BCUT2D eigenvalue weighted by Crippen LogP contribution is -2.44. The summed E-state index contributed by atoms with van der Waals surface area (Å²) in [6.45, 7) is 5.29. The SMILES string of the molecule is CC(C)[C@H](CC(=O)[C@H](C)NC(=O)[C@@H](CC(=O)c1ccccc1)Cc1ccccc1)C(=O)C(=O)CC1CCCCC1. The van der Waals surface area contributed by atoms with E-state index < -0.39 is 23.7 Å². The van der Waals surface area contributed by atoms with Gasteiger partial charge < -0.3 is 5.32 Å². The van der Waals surface area contributed by atoms with Crippen molar-refractivity contribution in [3.05, 3.63) is 71.8 Å². The molecule has 1 aliphatic rings. The summed E-state index contributed by atoms with van der Waals surface area (Å²) in [6, 6.07) is 17.5. The topological polar surface area (TPSA) is 97.4 Å². The van der Waals surface area contributed by atoms with Gasteiger partial charge in [-0.05, 0) is 30.7 Å². The van der Waals surface area contributed by atoms with E-state index in [0.29, 0.717) is 12.0 Å². The van der Waals surface area contributed by atoms with E-state index in [4.69, 9.17) is 0 Å². The third-order valence-electron chi connectivity index (χ3n) is 8.10. The molecular weight excluding hydrogens is 502 g/mol. The quantitative estimate of drug-likeness (QED) is 0.220. The molecule has 0 heterocycles. The number of carbonyl (C=O) groups is 5. The third kappa shape index (κ3) is 9.35. The van der Waals surface area contributed by atoms with Crippen LogP contribution in [-0.2, 0) is 25.6 Å². The Balaban J connectivity index is 1.64. The van der Waals surface area contributed by atoms with Crippen LogP contribution in [0, 0.1) is 23.7 Å². The molecule has 1 aliphatic carbocycles. The molecule has 3 rings (SSSR count). The molecule has 0 saturated heterocycles. The van der Waals surface area contributed by atoms with Crippen LogP contribution in [0.2, 0.25) is 0 Å². The molecule has 6 nitrogen and oxygen atoms in total. The standard InChI is InChI=1S/C34H43NO5/c1-23(2)29(33(39)32(38)20-26-15-9-5-10-16-26)22-30(36)24(3)35-34(40)28(19-25-13-7-4-8-14-25)21-31(37)27-17-11-6-12-18-27/h4,6-8,11-14,17-18,23-24,26,28-29H,5,9-10,15-16,19-22H2,1-3H3,(H,35,40)/t24-,28+,29-/m0/s1. The highest BCUT2D eigenvalue weighted by molar-refractivity contribution is 6.38. The first kappa shape index (κ1) is 31.1. The van der Waals surface area contributed by atoms with Gasteiger partial charge in [-0.15, -0.1) is 0 Å². The van der Waals surface area contributed by atoms with Gasteiger partial charge >= 0.3 is 0 Å². The molecule has 2 aromatic carbocycles. The van der Waals surface area contributed by atoms with E-state index in [-0.39, 0.29) is 54.4 Å². The first-order valence-electron chi connectivity index (χ1n) is 14.7. The highest BCUT2D eigenvalue weighted by Gasteiger charge is 2.33. The van der Waals surface area contributed by atoms with Crippen molar-refractivity contribution in [2.75, 3.05) is 0 Å². The highest BCUT2D eigenvalue weighted by atomic mass is 16.2. The number of benzene rings is 2. The highest BCUT2D eigenvalue weighted by Crippen LogP contribution is 2.28. The van der Waals surface area contributed by atoms with E-state index >= 15 is 0 Å². The van der Waals surface area contributed by atoms with E-state index in [1.165, 1.54) is 6.42 Å². The molecule has 1 fully saturated rings. The van der Waals surface area contributed by atoms with Crippen molar-refractivity contribution in [3.63, 3.8) is 0 Å². The monoisotopic (exact) mass is 545 g/mol. The van der Waals surface area contributed by atoms with Crippen LogP contribution >= 0.6 is 0 Å². The Bertz CT molecular complexity index is 1150. The molecule has 3 atom stereocenters. The smallest absolute Gasteiger partial charge is 0.224 e. The van der Waals surface area contributed by atoms with Crippen LogP contribution in [0.5, 0.6) is 0 Å². The Kier molecular flexibility index (Phi) is 12.0. The van der Waals surface area contributed by atoms with Gasteiger partial charge in [0.1, 0.15) is 0 Å². The van der Waals surface area contributed by atoms with Crippen LogP contribution in [0.25, 0.3) is 0 Å². The summed E-state index contributed by atoms with van der Waals surface area (Å²) < 4.78 is 0. The second kappa shape index (κ2) is 15.4. The summed E-state index contributed by atoms with van der Waals surface area (Å²) in [5.74, 6) is -2.95. The van der Waals surface area contributed by atoms with Crippen LogP contribution < -0.4 is 5.32 Å². The van der Waals surface area contributed by atoms with Gasteiger partial charge in [0, 0.05) is 36.7 Å². The Morgan fingerprint density at radius 2 is 1.40 bits per heavy atom. The van der Waals surface area contributed by atoms with Gasteiger partial charge in [-0.25, -0.2) is 0 Å². The Labute approximate surface area is 238 Å². The Morgan fingerprint density at radius 3 is 2.00 bits per heavy atom. The fourth-order valence-electron chi connectivity index (χ4n) is 5.52. The molecule has 0 bridgehead atoms. The number of ketones is 4. The van der Waals surface area contributed by atoms with E-state index in [0.717, 1.165) is 31.2 Å². The normalized spacial score (nSPS) is 16.1. The molecule has 2 aromatic rings. The minimum atomic E-state index is -0.847. The van der Waals surface area contributed by atoms with E-state index in [1.807, 2.05) is 50.2 Å². The van der Waals surface area contributed by atoms with Gasteiger partial charge in [-0.1, -0.05) is 107 Å². The number of rotatable bonds is 15. The zero-order chi connectivity index (χ0) is 29.1. The summed E-state index contributed by atoms with van der Waals surface area (Å²) in [7, 11) is 0. The first-order valence-corrected chi connectivity index (χ1v) is 14.7. The molecule has 1 amide bonds. The zero-order valence-electron chi connectivity index (χ0n) is 24.1. The molecule has 0 aromatic heterocycles. The summed E-state index contributed by atoms with van der Waals surface area (Å²) in [4.78, 5) is 65.4. The first-order chi connectivity index (χ1) is 19.2. The van der Waals surface area contributed by atoms with Gasteiger partial charge in [0.05, 0.1) is 6.04 Å². The molecule has 0 unspecified atom stereocenters. The van der Waals surface area contributed by atoms with E-state index in [1.54, 1.807) is 31.2 Å². The lowest BCUT2D eigenvalue weighted by atomic mass is 9.80. The van der Waals surface area contributed by atoms with Crippen LogP contribution in [0.1, 0.15) is 88.1 Å². The van der Waals surface area contributed by atoms with E-state index in [2.05, 4.69) is 5.32 Å². The molecule has 6 heteroatoms. The number of hydrogen-bond donors (Lipinski definition) is 1. The third-order valence-corrected chi connectivity index (χ3v) is 8.10. The van der Waals surface area contributed by atoms with Crippen molar-refractivity contribution in [3.8, 4) is 0 Å². The average molecular weight is 546 g/mol. The molecule has 214 valence electrons. The maximum absolute atomic E-state index is 13.4. The minimum Gasteiger partial charge on any atom is -0.346 e. The molecule has 0 spiro atoms. The van der Waals surface area contributed by atoms with Gasteiger partial charge in [-0.2, -0.15) is 0 Å². The molecule has 0 radical (unpaired) electrons. The maximum atomic E-state index is 13.4. The summed E-state index contributed by atoms with van der Waals surface area (Å²) in [5.41, 5.74) is 1.46. The van der Waals surface area contributed by atoms with Crippen molar-refractivity contribution in [2.45, 2.75) is 84.6 Å². The maximum Gasteiger partial charge on any atom is 0.224 e. The second-order valence-corrected chi connectivity index (χ2v) is 11.6. The Hall–Kier alpha value is -3.41. The fraction of sp³-hybridized carbons (Fsp3) is 0.500. The van der Waals surface area contributed by atoms with Gasteiger partial charge in [-0.3, -0.25) is 24.0 Å². The lowest BCUT2D eigenvalue weighted by Gasteiger charge is -2.24. The molecule has 1 N–H and O–H groups in total.